The lowest BCUT2D eigenvalue weighted by Gasteiger charge is -2.55. The lowest BCUT2D eigenvalue weighted by molar-refractivity contribution is -0.475. The molecule has 2 aromatic rings. The van der Waals surface area contributed by atoms with Gasteiger partial charge in [0.1, 0.15) is 18.0 Å². The molecule has 2 heterocycles. The van der Waals surface area contributed by atoms with Gasteiger partial charge in [-0.05, 0) is 36.8 Å². The first-order valence-electron chi connectivity index (χ1n) is 9.30. The maximum Gasteiger partial charge on any atom is 0.229 e. The first kappa shape index (κ1) is 19.6. The van der Waals surface area contributed by atoms with Crippen LogP contribution >= 0.6 is 0 Å². The summed E-state index contributed by atoms with van der Waals surface area (Å²) in [5, 5.41) is 12.6. The van der Waals surface area contributed by atoms with Gasteiger partial charge in [-0.15, -0.1) is 0 Å². The quantitative estimate of drug-likeness (QED) is 0.859. The zero-order chi connectivity index (χ0) is 19.9. The van der Waals surface area contributed by atoms with E-state index in [1.807, 2.05) is 42.5 Å². The van der Waals surface area contributed by atoms with Crippen molar-refractivity contribution in [1.82, 2.24) is 0 Å². The van der Waals surface area contributed by atoms with Gasteiger partial charge < -0.3 is 33.5 Å². The van der Waals surface area contributed by atoms with Crippen molar-refractivity contribution >= 4 is 10.8 Å². The normalized spacial score (nSPS) is 38.2. The molecule has 0 aromatic heterocycles. The van der Waals surface area contributed by atoms with Gasteiger partial charge in [0.2, 0.25) is 17.9 Å². The predicted molar refractivity (Wildman–Crippen MR) is 101 cm³/mol. The zero-order valence-corrected chi connectivity index (χ0v) is 16.5. The smallest absolute Gasteiger partial charge is 0.229 e. The van der Waals surface area contributed by atoms with Crippen LogP contribution in [0.4, 0.5) is 0 Å². The lowest BCUT2D eigenvalue weighted by atomic mass is 9.98. The molecule has 0 aliphatic carbocycles. The summed E-state index contributed by atoms with van der Waals surface area (Å²) in [5.41, 5.74) is 0. The fraction of sp³-hybridized carbons (Fsp3) is 0.524. The number of hydrogen-bond acceptors (Lipinski definition) is 7. The first-order valence-corrected chi connectivity index (χ1v) is 9.30. The van der Waals surface area contributed by atoms with Crippen molar-refractivity contribution in [2.45, 2.75) is 50.0 Å². The molecule has 0 bridgehead atoms. The Labute approximate surface area is 164 Å². The summed E-state index contributed by atoms with van der Waals surface area (Å²) in [6.45, 7) is 3.50. The van der Waals surface area contributed by atoms with Crippen molar-refractivity contribution in [2.75, 3.05) is 20.8 Å². The highest BCUT2D eigenvalue weighted by atomic mass is 16.8. The molecule has 2 fully saturated rings. The van der Waals surface area contributed by atoms with Crippen LogP contribution < -0.4 is 4.74 Å². The Bertz CT molecular complexity index is 842. The summed E-state index contributed by atoms with van der Waals surface area (Å²) in [4.78, 5) is 0. The van der Waals surface area contributed by atoms with Crippen molar-refractivity contribution in [2.24, 2.45) is 0 Å². The van der Waals surface area contributed by atoms with E-state index < -0.39 is 36.2 Å². The molecule has 2 saturated heterocycles. The summed E-state index contributed by atoms with van der Waals surface area (Å²) < 4.78 is 35.2. The highest BCUT2D eigenvalue weighted by Gasteiger charge is 2.61. The second-order valence-electron chi connectivity index (χ2n) is 7.36. The first-order chi connectivity index (χ1) is 13.4. The Kier molecular flexibility index (Phi) is 5.07. The van der Waals surface area contributed by atoms with Crippen LogP contribution in [0.25, 0.3) is 10.8 Å². The molecule has 0 saturated carbocycles. The Hall–Kier alpha value is -1.74. The highest BCUT2D eigenvalue weighted by Crippen LogP contribution is 2.42. The summed E-state index contributed by atoms with van der Waals surface area (Å²) in [6.07, 6.45) is -3.04. The van der Waals surface area contributed by atoms with Gasteiger partial charge in [0.05, 0.1) is 6.61 Å². The number of aliphatic hydroxyl groups excluding tert-OH is 1. The number of rotatable bonds is 4. The summed E-state index contributed by atoms with van der Waals surface area (Å²) in [6, 6.07) is 13.8. The average Bonchev–Trinajstić information content (AvgIpc) is 2.71. The van der Waals surface area contributed by atoms with Gasteiger partial charge in [-0.2, -0.15) is 0 Å². The molecule has 2 aliphatic heterocycles. The second kappa shape index (κ2) is 7.26. The van der Waals surface area contributed by atoms with E-state index in [0.717, 1.165) is 10.8 Å². The van der Waals surface area contributed by atoms with Crippen LogP contribution in [0, 0.1) is 0 Å². The van der Waals surface area contributed by atoms with Crippen LogP contribution in [-0.4, -0.2) is 62.1 Å². The molecule has 1 N–H and O–H groups in total. The Morgan fingerprint density at radius 1 is 0.929 bits per heavy atom. The molecule has 2 aromatic carbocycles. The third-order valence-corrected chi connectivity index (χ3v) is 5.70. The van der Waals surface area contributed by atoms with Gasteiger partial charge in [-0.25, -0.2) is 0 Å². The SMILES string of the molecule is CO[C@]1(C)O[C@@H]2[C@@H](O[C@@]1(C)OC)[C@H](Oc1ccc3ccccc3c1)OC[C@@H]2O. The van der Waals surface area contributed by atoms with Crippen molar-refractivity contribution < 1.29 is 33.5 Å². The molecule has 7 nitrogen and oxygen atoms in total. The summed E-state index contributed by atoms with van der Waals surface area (Å²) in [7, 11) is 3.02. The zero-order valence-electron chi connectivity index (χ0n) is 16.5. The monoisotopic (exact) mass is 390 g/mol. The molecule has 4 rings (SSSR count). The number of aliphatic hydroxyl groups is 1. The topological polar surface area (TPSA) is 75.6 Å². The number of fused-ring (bicyclic) bond motifs is 2. The molecule has 152 valence electrons. The van der Waals surface area contributed by atoms with Crippen molar-refractivity contribution in [3.05, 3.63) is 42.5 Å². The molecule has 6 atom stereocenters. The molecule has 28 heavy (non-hydrogen) atoms. The minimum Gasteiger partial charge on any atom is -0.462 e. The van der Waals surface area contributed by atoms with Crippen molar-refractivity contribution in [3.8, 4) is 5.75 Å². The van der Waals surface area contributed by atoms with E-state index in [4.69, 9.17) is 28.4 Å². The highest BCUT2D eigenvalue weighted by molar-refractivity contribution is 5.83. The Balaban J connectivity index is 1.61. The standard InChI is InChI=1S/C21H26O7/c1-20(23-3)21(2,24-4)28-18-17(27-20)16(22)12-25-19(18)26-15-10-9-13-7-5-6-8-14(13)11-15/h5-11,16-19,22H,12H2,1-4H3/t16-,17-,18+,19-,20+,21+/m0/s1. The third kappa shape index (κ3) is 3.18. The van der Waals surface area contributed by atoms with E-state index in [2.05, 4.69) is 0 Å². The van der Waals surface area contributed by atoms with Gasteiger partial charge in [-0.1, -0.05) is 30.3 Å². The molecule has 7 heteroatoms. The van der Waals surface area contributed by atoms with Crippen LogP contribution in [0.5, 0.6) is 5.75 Å². The van der Waals surface area contributed by atoms with E-state index in [1.165, 1.54) is 14.2 Å². The molecule has 0 radical (unpaired) electrons. The van der Waals surface area contributed by atoms with Crippen LogP contribution in [-0.2, 0) is 23.7 Å². The van der Waals surface area contributed by atoms with Crippen molar-refractivity contribution in [1.29, 1.82) is 0 Å². The number of hydrogen-bond donors (Lipinski definition) is 1. The predicted octanol–water partition coefficient (Wildman–Crippen LogP) is 2.45. The summed E-state index contributed by atoms with van der Waals surface area (Å²) >= 11 is 0. The van der Waals surface area contributed by atoms with E-state index in [9.17, 15) is 5.11 Å². The Morgan fingerprint density at radius 3 is 2.25 bits per heavy atom. The number of ether oxygens (including phenoxy) is 6. The molecule has 2 aliphatic rings. The van der Waals surface area contributed by atoms with Crippen LogP contribution in [0.3, 0.4) is 0 Å². The molecule has 0 unspecified atom stereocenters. The number of benzene rings is 2. The average molecular weight is 390 g/mol. The van der Waals surface area contributed by atoms with Gasteiger partial charge >= 0.3 is 0 Å². The van der Waals surface area contributed by atoms with Gasteiger partial charge in [-0.3, -0.25) is 0 Å². The number of methoxy groups -OCH3 is 2. The maximum absolute atomic E-state index is 10.4. The fourth-order valence-corrected chi connectivity index (χ4v) is 3.70. The molecular formula is C21H26O7. The molecule has 0 spiro atoms. The van der Waals surface area contributed by atoms with Gasteiger partial charge in [0, 0.05) is 14.2 Å². The largest absolute Gasteiger partial charge is 0.462 e. The van der Waals surface area contributed by atoms with Crippen LogP contribution in [0.2, 0.25) is 0 Å². The van der Waals surface area contributed by atoms with E-state index >= 15 is 0 Å². The van der Waals surface area contributed by atoms with Gasteiger partial charge in [0.25, 0.3) is 0 Å². The second-order valence-corrected chi connectivity index (χ2v) is 7.36. The third-order valence-electron chi connectivity index (χ3n) is 5.70. The van der Waals surface area contributed by atoms with Crippen LogP contribution in [0.15, 0.2) is 42.5 Å². The minimum atomic E-state index is -1.21. The van der Waals surface area contributed by atoms with Gasteiger partial charge in [0.15, 0.2) is 6.10 Å². The van der Waals surface area contributed by atoms with E-state index in [0.29, 0.717) is 5.75 Å². The summed E-state index contributed by atoms with van der Waals surface area (Å²) in [5.74, 6) is -1.77. The minimum absolute atomic E-state index is 0.0618. The molecule has 0 amide bonds. The maximum atomic E-state index is 10.4. The van der Waals surface area contributed by atoms with Crippen molar-refractivity contribution in [3.63, 3.8) is 0 Å². The fourth-order valence-electron chi connectivity index (χ4n) is 3.70. The van der Waals surface area contributed by atoms with E-state index in [1.54, 1.807) is 13.8 Å². The van der Waals surface area contributed by atoms with Crippen LogP contribution in [0.1, 0.15) is 13.8 Å². The lowest BCUT2D eigenvalue weighted by Crippen LogP contribution is -2.71. The molecular weight excluding hydrogens is 364 g/mol. The van der Waals surface area contributed by atoms with E-state index in [-0.39, 0.29) is 6.61 Å². The Morgan fingerprint density at radius 2 is 1.57 bits per heavy atom.